The third kappa shape index (κ3) is 5.71. The number of amides is 1. The lowest BCUT2D eigenvalue weighted by molar-refractivity contribution is -0.384. The average Bonchev–Trinajstić information content (AvgIpc) is 2.59. The third-order valence-corrected chi connectivity index (χ3v) is 5.09. The van der Waals surface area contributed by atoms with Gasteiger partial charge in [-0.25, -0.2) is 4.79 Å². The van der Waals surface area contributed by atoms with Crippen LogP contribution in [0.25, 0.3) is 0 Å². The number of aliphatic hydroxyl groups is 1. The number of carbonyl (C=O) groups excluding carboxylic acids is 2. The van der Waals surface area contributed by atoms with Crippen LogP contribution in [0.15, 0.2) is 24.3 Å². The van der Waals surface area contributed by atoms with Crippen molar-refractivity contribution in [3.8, 4) is 0 Å². The van der Waals surface area contributed by atoms with Crippen molar-refractivity contribution in [1.29, 1.82) is 0 Å². The van der Waals surface area contributed by atoms with Crippen molar-refractivity contribution in [3.63, 3.8) is 0 Å². The van der Waals surface area contributed by atoms with Gasteiger partial charge in [0, 0.05) is 37.9 Å². The van der Waals surface area contributed by atoms with E-state index in [9.17, 15) is 24.8 Å². The highest BCUT2D eigenvalue weighted by molar-refractivity contribution is 8.13. The Morgan fingerprint density at radius 3 is 2.44 bits per heavy atom. The number of benzene rings is 1. The molecule has 1 N–H and O–H groups in total. The van der Waals surface area contributed by atoms with Crippen molar-refractivity contribution in [2.24, 2.45) is 0 Å². The molecule has 0 radical (unpaired) electrons. The lowest BCUT2D eigenvalue weighted by Gasteiger charge is -2.37. The summed E-state index contributed by atoms with van der Waals surface area (Å²) in [5.41, 5.74) is -0.301. The molecule has 1 aromatic carbocycles. The number of nitro benzene ring substituents is 1. The van der Waals surface area contributed by atoms with E-state index >= 15 is 0 Å². The van der Waals surface area contributed by atoms with Gasteiger partial charge >= 0.3 is 6.09 Å². The molecule has 0 spiro atoms. The maximum atomic E-state index is 12.1. The number of carbonyl (C=O) groups is 2. The van der Waals surface area contributed by atoms with Crippen LogP contribution in [0.3, 0.4) is 0 Å². The molecule has 1 saturated heterocycles. The van der Waals surface area contributed by atoms with Crippen molar-refractivity contribution in [2.45, 2.75) is 32.0 Å². The van der Waals surface area contributed by atoms with Crippen molar-refractivity contribution in [2.75, 3.05) is 18.8 Å². The van der Waals surface area contributed by atoms with E-state index in [1.807, 2.05) is 0 Å². The van der Waals surface area contributed by atoms with Crippen LogP contribution in [0.5, 0.6) is 0 Å². The summed E-state index contributed by atoms with van der Waals surface area (Å²) >= 11 is 1.09. The van der Waals surface area contributed by atoms with Gasteiger partial charge in [-0.3, -0.25) is 14.9 Å². The zero-order chi connectivity index (χ0) is 18.4. The molecule has 0 atom stereocenters. The molecule has 0 aromatic heterocycles. The van der Waals surface area contributed by atoms with Gasteiger partial charge in [0.2, 0.25) is 0 Å². The lowest BCUT2D eigenvalue weighted by atomic mass is 9.94. The minimum absolute atomic E-state index is 0.0196. The number of nitro groups is 1. The first-order valence-corrected chi connectivity index (χ1v) is 8.78. The topological polar surface area (TPSA) is 110 Å². The molecule has 9 heteroatoms. The molecular formula is C16H20N2O6S. The zero-order valence-electron chi connectivity index (χ0n) is 13.8. The molecule has 0 unspecified atom stereocenters. The standard InChI is InChI=1S/C16H20N2O6S/c1-12(19)25-11-16(21)6-8-17(9-7-16)15(20)24-10-13-2-4-14(5-3-13)18(22)23/h2-5,21H,6-11H2,1H3. The van der Waals surface area contributed by atoms with E-state index in [1.165, 1.54) is 24.0 Å². The Labute approximate surface area is 149 Å². The number of rotatable bonds is 5. The molecule has 1 aliphatic heterocycles. The van der Waals surface area contributed by atoms with Gasteiger partial charge in [0.25, 0.3) is 5.69 Å². The number of piperidine rings is 1. The summed E-state index contributed by atoms with van der Waals surface area (Å²) in [6, 6.07) is 5.80. The molecule has 0 bridgehead atoms. The fourth-order valence-corrected chi connectivity index (χ4v) is 3.20. The molecule has 1 aromatic rings. The molecule has 0 aliphatic carbocycles. The second-order valence-corrected chi connectivity index (χ2v) is 7.12. The van der Waals surface area contributed by atoms with Crippen molar-refractivity contribution >= 4 is 28.7 Å². The van der Waals surface area contributed by atoms with E-state index in [4.69, 9.17) is 4.74 Å². The smallest absolute Gasteiger partial charge is 0.410 e. The lowest BCUT2D eigenvalue weighted by Crippen LogP contribution is -2.48. The Bertz CT molecular complexity index is 641. The van der Waals surface area contributed by atoms with E-state index in [1.54, 1.807) is 12.1 Å². The Kier molecular flexibility index (Phi) is 6.38. The molecule has 1 fully saturated rings. The van der Waals surface area contributed by atoms with Gasteiger partial charge in [-0.05, 0) is 30.5 Å². The van der Waals surface area contributed by atoms with Crippen LogP contribution in [-0.4, -0.2) is 50.6 Å². The van der Waals surface area contributed by atoms with Gasteiger partial charge in [0.15, 0.2) is 5.12 Å². The Hall–Kier alpha value is -2.13. The Balaban J connectivity index is 1.78. The maximum absolute atomic E-state index is 12.1. The molecule has 2 rings (SSSR count). The Morgan fingerprint density at radius 2 is 1.92 bits per heavy atom. The van der Waals surface area contributed by atoms with Gasteiger partial charge in [-0.15, -0.1) is 0 Å². The van der Waals surface area contributed by atoms with Crippen molar-refractivity contribution < 1.29 is 24.4 Å². The highest BCUT2D eigenvalue weighted by atomic mass is 32.2. The number of hydrogen-bond acceptors (Lipinski definition) is 7. The van der Waals surface area contributed by atoms with Gasteiger partial charge in [0.1, 0.15) is 6.61 Å². The molecule has 8 nitrogen and oxygen atoms in total. The average molecular weight is 368 g/mol. The predicted octanol–water partition coefficient (Wildman–Crippen LogP) is 2.34. The normalized spacial score (nSPS) is 16.3. The first-order chi connectivity index (χ1) is 11.8. The molecule has 25 heavy (non-hydrogen) atoms. The molecule has 0 saturated carbocycles. The van der Waals surface area contributed by atoms with Crippen molar-refractivity contribution in [3.05, 3.63) is 39.9 Å². The number of nitrogens with zero attached hydrogens (tertiary/aromatic N) is 2. The molecule has 1 amide bonds. The quantitative estimate of drug-likeness (QED) is 0.627. The fraction of sp³-hybridized carbons (Fsp3) is 0.500. The molecule has 1 aliphatic rings. The monoisotopic (exact) mass is 368 g/mol. The van der Waals surface area contributed by atoms with Crippen LogP contribution in [0, 0.1) is 10.1 Å². The van der Waals surface area contributed by atoms with Crippen LogP contribution in [0.4, 0.5) is 10.5 Å². The number of non-ortho nitro benzene ring substituents is 1. The van der Waals surface area contributed by atoms with Crippen LogP contribution >= 0.6 is 11.8 Å². The van der Waals surface area contributed by atoms with Crippen LogP contribution in [0.2, 0.25) is 0 Å². The van der Waals surface area contributed by atoms with E-state index in [0.717, 1.165) is 11.8 Å². The second-order valence-electron chi connectivity index (χ2n) is 5.97. The largest absolute Gasteiger partial charge is 0.445 e. The minimum Gasteiger partial charge on any atom is -0.445 e. The number of thioether (sulfide) groups is 1. The maximum Gasteiger partial charge on any atom is 0.410 e. The third-order valence-electron chi connectivity index (χ3n) is 4.01. The van der Waals surface area contributed by atoms with Gasteiger partial charge in [-0.1, -0.05) is 11.8 Å². The fourth-order valence-electron chi connectivity index (χ4n) is 2.44. The molecular weight excluding hydrogens is 348 g/mol. The summed E-state index contributed by atoms with van der Waals surface area (Å²) in [5.74, 6) is 0.327. The van der Waals surface area contributed by atoms with Gasteiger partial charge in [0.05, 0.1) is 10.5 Å². The minimum atomic E-state index is -0.939. The number of likely N-dealkylation sites (tertiary alicyclic amines) is 1. The summed E-state index contributed by atoms with van der Waals surface area (Å²) in [4.78, 5) is 34.7. The van der Waals surface area contributed by atoms with Crippen LogP contribution in [0.1, 0.15) is 25.3 Å². The summed E-state index contributed by atoms with van der Waals surface area (Å²) in [5, 5.41) is 20.9. The van der Waals surface area contributed by atoms with Crippen molar-refractivity contribution in [1.82, 2.24) is 4.90 Å². The summed E-state index contributed by atoms with van der Waals surface area (Å²) < 4.78 is 5.21. The molecule has 1 heterocycles. The molecule has 136 valence electrons. The first-order valence-electron chi connectivity index (χ1n) is 7.80. The van der Waals surface area contributed by atoms with E-state index < -0.39 is 16.6 Å². The Morgan fingerprint density at radius 1 is 1.32 bits per heavy atom. The van der Waals surface area contributed by atoms with E-state index in [0.29, 0.717) is 37.2 Å². The van der Waals surface area contributed by atoms with Crippen LogP contribution in [-0.2, 0) is 16.1 Å². The van der Waals surface area contributed by atoms with Gasteiger partial charge < -0.3 is 14.7 Å². The zero-order valence-corrected chi connectivity index (χ0v) is 14.7. The predicted molar refractivity (Wildman–Crippen MR) is 92.2 cm³/mol. The SMILES string of the molecule is CC(=O)SCC1(O)CCN(C(=O)OCc2ccc([N+](=O)[O-])cc2)CC1. The summed E-state index contributed by atoms with van der Waals surface area (Å²) in [6.45, 7) is 2.19. The number of hydrogen-bond donors (Lipinski definition) is 1. The highest BCUT2D eigenvalue weighted by Gasteiger charge is 2.34. The van der Waals surface area contributed by atoms with E-state index in [-0.39, 0.29) is 17.4 Å². The van der Waals surface area contributed by atoms with Crippen LogP contribution < -0.4 is 0 Å². The highest BCUT2D eigenvalue weighted by Crippen LogP contribution is 2.27. The summed E-state index contributed by atoms with van der Waals surface area (Å²) in [7, 11) is 0. The summed E-state index contributed by atoms with van der Waals surface area (Å²) in [6.07, 6.45) is 0.291. The number of ether oxygens (including phenoxy) is 1. The van der Waals surface area contributed by atoms with E-state index in [2.05, 4.69) is 0 Å². The van der Waals surface area contributed by atoms with Gasteiger partial charge in [-0.2, -0.15) is 0 Å². The second kappa shape index (κ2) is 8.30. The first kappa shape index (κ1) is 19.2.